The van der Waals surface area contributed by atoms with Gasteiger partial charge in [-0.2, -0.15) is 10.4 Å². The monoisotopic (exact) mass is 358 g/mol. The van der Waals surface area contributed by atoms with E-state index in [2.05, 4.69) is 5.10 Å². The molecule has 0 spiro atoms. The largest absolute Gasteiger partial charge is 0.292 e. The van der Waals surface area contributed by atoms with Crippen LogP contribution in [0.4, 0.5) is 23.4 Å². The predicted molar refractivity (Wildman–Crippen MR) is 74.7 cm³/mol. The number of nitriles is 1. The number of anilines is 1. The lowest BCUT2D eigenvalue weighted by Gasteiger charge is -2.38. The van der Waals surface area contributed by atoms with Crippen molar-refractivity contribution in [3.05, 3.63) is 40.1 Å². The van der Waals surface area contributed by atoms with E-state index < -0.39 is 39.9 Å². The number of benzene rings is 1. The summed E-state index contributed by atoms with van der Waals surface area (Å²) in [4.78, 5) is 12.8. The fourth-order valence-electron chi connectivity index (χ4n) is 2.50. The smallest absolute Gasteiger partial charge is 0.230 e. The van der Waals surface area contributed by atoms with E-state index >= 15 is 0 Å². The Morgan fingerprint density at radius 1 is 1.25 bits per heavy atom. The van der Waals surface area contributed by atoms with Crippen molar-refractivity contribution in [1.29, 1.82) is 5.26 Å². The quantitative estimate of drug-likeness (QED) is 0.359. The third-order valence-corrected chi connectivity index (χ3v) is 4.00. The van der Waals surface area contributed by atoms with Crippen molar-refractivity contribution >= 4 is 23.3 Å². The molecule has 0 saturated carbocycles. The molecule has 1 saturated heterocycles. The number of halogens is 5. The number of nitrogens with zero attached hydrogens (tertiary/aromatic N) is 4. The van der Waals surface area contributed by atoms with Crippen molar-refractivity contribution in [3.8, 4) is 11.8 Å². The van der Waals surface area contributed by atoms with Crippen molar-refractivity contribution in [2.75, 3.05) is 4.90 Å². The van der Waals surface area contributed by atoms with Gasteiger partial charge in [-0.05, 0) is 6.92 Å². The molecule has 1 fully saturated rings. The molecule has 1 aliphatic rings. The van der Waals surface area contributed by atoms with Crippen LogP contribution in [0, 0.1) is 34.6 Å². The van der Waals surface area contributed by atoms with Crippen LogP contribution in [0.25, 0.3) is 5.69 Å². The summed E-state index contributed by atoms with van der Waals surface area (Å²) < 4.78 is 56.2. The van der Waals surface area contributed by atoms with Gasteiger partial charge < -0.3 is 0 Å². The third-order valence-electron chi connectivity index (χ3n) is 3.67. The second-order valence-corrected chi connectivity index (χ2v) is 5.52. The molecule has 3 rings (SSSR count). The minimum Gasteiger partial charge on any atom is -0.292 e. The van der Waals surface area contributed by atoms with Gasteiger partial charge in [-0.1, -0.05) is 11.6 Å². The summed E-state index contributed by atoms with van der Waals surface area (Å²) in [6, 6.07) is 1.35. The zero-order chi connectivity index (χ0) is 17.8. The van der Waals surface area contributed by atoms with Crippen LogP contribution < -0.4 is 4.90 Å². The lowest BCUT2D eigenvalue weighted by atomic mass is 10.0. The summed E-state index contributed by atoms with van der Waals surface area (Å²) in [5.41, 5.74) is -1.37. The molecule has 0 N–H and O–H groups in total. The number of hydrogen-bond acceptors (Lipinski definition) is 3. The molecule has 5 nitrogen and oxygen atoms in total. The van der Waals surface area contributed by atoms with Crippen LogP contribution in [-0.4, -0.2) is 21.7 Å². The predicted octanol–water partition coefficient (Wildman–Crippen LogP) is 3.08. The molecular weight excluding hydrogens is 352 g/mol. The van der Waals surface area contributed by atoms with E-state index in [-0.39, 0.29) is 23.8 Å². The minimum atomic E-state index is -1.80. The Labute approximate surface area is 137 Å². The summed E-state index contributed by atoms with van der Waals surface area (Å²) in [6.45, 7) is 1.63. The van der Waals surface area contributed by atoms with Crippen molar-refractivity contribution in [3.63, 3.8) is 0 Å². The highest BCUT2D eigenvalue weighted by Crippen LogP contribution is 2.36. The molecular formula is C14H7ClF4N4O. The van der Waals surface area contributed by atoms with Crippen LogP contribution in [0.2, 0.25) is 5.02 Å². The topological polar surface area (TPSA) is 61.9 Å². The first-order valence-electron chi connectivity index (χ1n) is 6.61. The van der Waals surface area contributed by atoms with Crippen molar-refractivity contribution in [2.24, 2.45) is 0 Å². The average Bonchev–Trinajstić information content (AvgIpc) is 2.94. The lowest BCUT2D eigenvalue weighted by molar-refractivity contribution is -0.123. The molecule has 1 amide bonds. The second-order valence-electron chi connectivity index (χ2n) is 5.14. The highest BCUT2D eigenvalue weighted by molar-refractivity contribution is 6.31. The lowest BCUT2D eigenvalue weighted by Crippen LogP contribution is -2.52. The normalized spacial score (nSPS) is 17.0. The van der Waals surface area contributed by atoms with Crippen molar-refractivity contribution < 1.29 is 22.4 Å². The van der Waals surface area contributed by atoms with Gasteiger partial charge in [-0.15, -0.1) is 0 Å². The SMILES string of the molecule is CC1CC(=O)N1c1c(C#N)cnn1-c1c(F)c(F)c(Cl)c(F)c1F. The maximum atomic E-state index is 14.1. The van der Waals surface area contributed by atoms with Gasteiger partial charge in [-0.25, -0.2) is 22.2 Å². The maximum Gasteiger partial charge on any atom is 0.230 e. The molecule has 10 heteroatoms. The number of β-lactam (4-membered cyclic amide) rings is 1. The summed E-state index contributed by atoms with van der Waals surface area (Å²) in [5.74, 6) is -7.85. The van der Waals surface area contributed by atoms with Crippen molar-refractivity contribution in [2.45, 2.75) is 19.4 Å². The highest BCUT2D eigenvalue weighted by Gasteiger charge is 2.39. The molecule has 24 heavy (non-hydrogen) atoms. The van der Waals surface area contributed by atoms with Crippen LogP contribution in [0.5, 0.6) is 0 Å². The Hall–Kier alpha value is -2.60. The number of carbonyl (C=O) groups excluding carboxylic acids is 1. The molecule has 2 aromatic rings. The first-order valence-corrected chi connectivity index (χ1v) is 6.99. The first kappa shape index (κ1) is 16.3. The van der Waals surface area contributed by atoms with Gasteiger partial charge in [0.05, 0.1) is 6.20 Å². The van der Waals surface area contributed by atoms with Crippen LogP contribution in [0.15, 0.2) is 6.20 Å². The Morgan fingerprint density at radius 2 is 1.83 bits per heavy atom. The van der Waals surface area contributed by atoms with Gasteiger partial charge in [0.15, 0.2) is 29.1 Å². The van der Waals surface area contributed by atoms with Gasteiger partial charge in [0.1, 0.15) is 22.3 Å². The molecule has 1 unspecified atom stereocenters. The second kappa shape index (κ2) is 5.49. The minimum absolute atomic E-state index is 0.157. The summed E-state index contributed by atoms with van der Waals surface area (Å²) >= 11 is 5.19. The number of carbonyl (C=O) groups is 1. The highest BCUT2D eigenvalue weighted by atomic mass is 35.5. The van der Waals surface area contributed by atoms with E-state index in [1.807, 2.05) is 0 Å². The number of rotatable bonds is 2. The van der Waals surface area contributed by atoms with Gasteiger partial charge in [0.25, 0.3) is 0 Å². The van der Waals surface area contributed by atoms with E-state index in [9.17, 15) is 22.4 Å². The van der Waals surface area contributed by atoms with Gasteiger partial charge in [-0.3, -0.25) is 9.69 Å². The van der Waals surface area contributed by atoms with Crippen LogP contribution >= 0.6 is 11.6 Å². The number of aromatic nitrogens is 2. The maximum absolute atomic E-state index is 14.1. The van der Waals surface area contributed by atoms with Crippen LogP contribution in [0.1, 0.15) is 18.9 Å². The molecule has 0 aliphatic carbocycles. The van der Waals surface area contributed by atoms with E-state index in [1.165, 1.54) is 0 Å². The molecule has 2 heterocycles. The molecule has 1 aromatic carbocycles. The summed E-state index contributed by atoms with van der Waals surface area (Å²) in [6.07, 6.45) is 1.10. The average molecular weight is 359 g/mol. The van der Waals surface area contributed by atoms with Crippen LogP contribution in [0.3, 0.4) is 0 Å². The van der Waals surface area contributed by atoms with E-state index in [0.29, 0.717) is 4.68 Å². The Morgan fingerprint density at radius 3 is 2.29 bits per heavy atom. The van der Waals surface area contributed by atoms with Gasteiger partial charge in [0, 0.05) is 12.5 Å². The van der Waals surface area contributed by atoms with Gasteiger partial charge >= 0.3 is 0 Å². The number of hydrogen-bond donors (Lipinski definition) is 0. The molecule has 0 radical (unpaired) electrons. The summed E-state index contributed by atoms with van der Waals surface area (Å²) in [5, 5.41) is 11.4. The zero-order valence-corrected chi connectivity index (χ0v) is 12.7. The van der Waals surface area contributed by atoms with Gasteiger partial charge in [0.2, 0.25) is 5.91 Å². The Kier molecular flexibility index (Phi) is 3.72. The molecule has 124 valence electrons. The fraction of sp³-hybridized carbons (Fsp3) is 0.214. The van der Waals surface area contributed by atoms with Crippen LogP contribution in [-0.2, 0) is 4.79 Å². The Bertz CT molecular complexity index is 891. The third kappa shape index (κ3) is 2.06. The van der Waals surface area contributed by atoms with Crippen molar-refractivity contribution in [1.82, 2.24) is 9.78 Å². The standard InChI is InChI=1S/C14H7ClF4N4O/c1-5-2-7(24)22(5)14-6(3-20)4-21-23(14)13-11(18)9(16)8(15)10(17)12(13)19/h4-5H,2H2,1H3. The number of amides is 1. The molecule has 1 aromatic heterocycles. The van der Waals surface area contributed by atoms with E-state index in [0.717, 1.165) is 11.1 Å². The van der Waals surface area contributed by atoms with E-state index in [4.69, 9.17) is 16.9 Å². The van der Waals surface area contributed by atoms with E-state index in [1.54, 1.807) is 13.0 Å². The first-order chi connectivity index (χ1) is 11.3. The fourth-order valence-corrected chi connectivity index (χ4v) is 2.66. The molecule has 1 aliphatic heterocycles. The zero-order valence-electron chi connectivity index (χ0n) is 11.9. The Balaban J connectivity index is 2.32. The molecule has 1 atom stereocenters. The molecule has 0 bridgehead atoms. The summed E-state index contributed by atoms with van der Waals surface area (Å²) in [7, 11) is 0.